The van der Waals surface area contributed by atoms with Gasteiger partial charge in [0.1, 0.15) is 18.4 Å². The van der Waals surface area contributed by atoms with Crippen LogP contribution in [0.5, 0.6) is 0 Å². The predicted molar refractivity (Wildman–Crippen MR) is 148 cm³/mol. The molecule has 2 aromatic rings. The summed E-state index contributed by atoms with van der Waals surface area (Å²) in [4.78, 5) is 76.2. The molecule has 3 unspecified atom stereocenters. The van der Waals surface area contributed by atoms with Gasteiger partial charge < -0.3 is 66.1 Å². The Labute approximate surface area is 258 Å². The van der Waals surface area contributed by atoms with Crippen molar-refractivity contribution in [2.75, 3.05) is 19.7 Å². The number of likely N-dealkylation sites (tertiary alicyclic amines) is 1. The third kappa shape index (κ3) is 9.70. The van der Waals surface area contributed by atoms with Crippen molar-refractivity contribution in [3.05, 3.63) is 48.0 Å². The van der Waals surface area contributed by atoms with Crippen molar-refractivity contribution >= 4 is 46.7 Å². The van der Waals surface area contributed by atoms with Crippen molar-refractivity contribution in [2.45, 2.75) is 49.4 Å². The third-order valence-electron chi connectivity index (χ3n) is 6.67. The predicted octanol–water partition coefficient (Wildman–Crippen LogP) is -4.48. The van der Waals surface area contributed by atoms with Crippen LogP contribution in [0.2, 0.25) is 0 Å². The zero-order valence-electron chi connectivity index (χ0n) is 23.8. The Kier molecular flexibility index (Phi) is 11.8. The number of hydrogen-bond acceptors (Lipinski definition) is 15. The van der Waals surface area contributed by atoms with Gasteiger partial charge in [-0.1, -0.05) is 42.5 Å². The highest BCUT2D eigenvalue weighted by atomic mass is 16.9. The highest BCUT2D eigenvalue weighted by molar-refractivity contribution is 6.38. The molecule has 4 amide bonds. The van der Waals surface area contributed by atoms with E-state index in [0.717, 1.165) is 4.90 Å². The van der Waals surface area contributed by atoms with Crippen LogP contribution in [-0.2, 0) is 33.4 Å². The SMILES string of the molecule is O=CCNC(=O)C(=O)C(CCO)NC(=O)[C@@H]1CC(OC(O)(O)O)CN1C(=O)C(NC(=O)OC(O)(O)O)c1cccc2ccccc12. The molecule has 1 saturated heterocycles. The minimum absolute atomic E-state index is 0.0870. The van der Waals surface area contributed by atoms with Gasteiger partial charge in [0.15, 0.2) is 0 Å². The van der Waals surface area contributed by atoms with E-state index >= 15 is 0 Å². The molecule has 0 bridgehead atoms. The summed E-state index contributed by atoms with van der Waals surface area (Å²) in [5.74, 6) is -4.73. The molecule has 1 fully saturated rings. The van der Waals surface area contributed by atoms with Crippen LogP contribution in [0.1, 0.15) is 24.4 Å². The Balaban J connectivity index is 2.02. The van der Waals surface area contributed by atoms with E-state index in [1.807, 2.05) is 5.32 Å². The number of Topliss-reactive ketones (excluding diaryl/α,β-unsaturated/α-hetero) is 1. The Bertz CT molecular complexity index is 1450. The zero-order valence-corrected chi connectivity index (χ0v) is 23.8. The number of aldehydes is 1. The molecule has 46 heavy (non-hydrogen) atoms. The molecule has 19 heteroatoms. The first kappa shape index (κ1) is 35.9. The van der Waals surface area contributed by atoms with Gasteiger partial charge >= 0.3 is 18.4 Å². The Morgan fingerprint density at radius 1 is 0.957 bits per heavy atom. The molecule has 10 N–H and O–H groups in total. The number of nitrogens with one attached hydrogen (secondary N) is 3. The molecule has 2 aromatic carbocycles. The van der Waals surface area contributed by atoms with Crippen molar-refractivity contribution in [1.29, 1.82) is 0 Å². The average molecular weight is 653 g/mol. The molecule has 0 radical (unpaired) electrons. The second-order valence-corrected chi connectivity index (χ2v) is 9.98. The summed E-state index contributed by atoms with van der Waals surface area (Å²) in [6.07, 6.45) is -11.5. The average Bonchev–Trinajstić information content (AvgIpc) is 3.39. The number of alkyl carbamates (subject to hydrolysis) is 1. The van der Waals surface area contributed by atoms with Gasteiger partial charge in [-0.15, -0.1) is 0 Å². The van der Waals surface area contributed by atoms with Crippen LogP contribution in [0.3, 0.4) is 0 Å². The van der Waals surface area contributed by atoms with Crippen molar-refractivity contribution in [3.8, 4) is 0 Å². The lowest BCUT2D eigenvalue weighted by Gasteiger charge is -2.30. The Morgan fingerprint density at radius 3 is 2.26 bits per heavy atom. The maximum atomic E-state index is 14.1. The number of rotatable bonds is 14. The smallest absolute Gasteiger partial charge is 0.396 e. The number of hydrogen-bond donors (Lipinski definition) is 10. The molecule has 3 rings (SSSR count). The first-order chi connectivity index (χ1) is 21.5. The van der Waals surface area contributed by atoms with Crippen molar-refractivity contribution in [1.82, 2.24) is 20.9 Å². The molecule has 1 aliphatic heterocycles. The van der Waals surface area contributed by atoms with Crippen LogP contribution in [0, 0.1) is 0 Å². The number of carbonyl (C=O) groups excluding carboxylic acids is 6. The fourth-order valence-electron chi connectivity index (χ4n) is 4.86. The van der Waals surface area contributed by atoms with Gasteiger partial charge in [0, 0.05) is 19.6 Å². The van der Waals surface area contributed by atoms with Gasteiger partial charge in [-0.2, -0.15) is 0 Å². The van der Waals surface area contributed by atoms with Crippen molar-refractivity contribution in [2.24, 2.45) is 0 Å². The van der Waals surface area contributed by atoms with E-state index in [9.17, 15) is 49.2 Å². The topological polar surface area (TPSA) is 302 Å². The quantitative estimate of drug-likeness (QED) is 0.0523. The molecule has 0 saturated carbocycles. The minimum Gasteiger partial charge on any atom is -0.396 e. The molecule has 19 nitrogen and oxygen atoms in total. The number of carbonyl (C=O) groups is 6. The normalized spacial score (nSPS) is 17.9. The van der Waals surface area contributed by atoms with E-state index in [0.29, 0.717) is 17.1 Å². The van der Waals surface area contributed by atoms with Crippen LogP contribution >= 0.6 is 0 Å². The monoisotopic (exact) mass is 652 g/mol. The number of aliphatic hydroxyl groups is 7. The second-order valence-electron chi connectivity index (χ2n) is 9.98. The molecule has 1 aliphatic rings. The van der Waals surface area contributed by atoms with E-state index in [1.165, 1.54) is 12.1 Å². The van der Waals surface area contributed by atoms with Crippen LogP contribution in [0.15, 0.2) is 42.5 Å². The molecule has 1 heterocycles. The first-order valence-corrected chi connectivity index (χ1v) is 13.5. The highest BCUT2D eigenvalue weighted by Crippen LogP contribution is 2.30. The van der Waals surface area contributed by atoms with E-state index in [4.69, 9.17) is 20.1 Å². The first-order valence-electron chi connectivity index (χ1n) is 13.5. The van der Waals surface area contributed by atoms with Crippen LogP contribution in [0.4, 0.5) is 4.79 Å². The van der Waals surface area contributed by atoms with Gasteiger partial charge in [0.25, 0.3) is 11.8 Å². The lowest BCUT2D eigenvalue weighted by atomic mass is 9.97. The lowest BCUT2D eigenvalue weighted by Crippen LogP contribution is -2.55. The van der Waals surface area contributed by atoms with Gasteiger partial charge in [0.05, 0.1) is 18.7 Å². The van der Waals surface area contributed by atoms with Crippen LogP contribution in [-0.4, -0.2) is 127 Å². The summed E-state index contributed by atoms with van der Waals surface area (Å²) in [6.45, 7) is -1.84. The van der Waals surface area contributed by atoms with Crippen LogP contribution < -0.4 is 16.0 Å². The molecular formula is C27H32N4O15. The van der Waals surface area contributed by atoms with Crippen molar-refractivity contribution in [3.63, 3.8) is 0 Å². The molecule has 4 atom stereocenters. The fraction of sp³-hybridized carbons (Fsp3) is 0.407. The number of fused-ring (bicyclic) bond motifs is 1. The highest BCUT2D eigenvalue weighted by Gasteiger charge is 2.46. The summed E-state index contributed by atoms with van der Waals surface area (Å²) >= 11 is 0. The summed E-state index contributed by atoms with van der Waals surface area (Å²) < 4.78 is 8.78. The largest absolute Gasteiger partial charge is 0.456 e. The molecule has 0 aliphatic carbocycles. The number of benzene rings is 2. The Morgan fingerprint density at radius 2 is 1.63 bits per heavy atom. The van der Waals surface area contributed by atoms with Gasteiger partial charge in [0.2, 0.25) is 11.7 Å². The standard InChI is InChI=1S/C27H32N4O15/c32-10-8-18(21(34)23(36)28-9-11-33)29-22(35)19-12-15(45-26(39,40)41)13-31(19)24(37)20(30-25(38)46-27(42,43)44)17-7-3-5-14-4-1-2-6-16(14)17/h1-7,11,15,18-20,32,39-44H,8-10,12-13H2,(H,28,36)(H,29,35)(H,30,38)/t15?,18?,19-,20?/m0/s1. The number of ketones is 1. The van der Waals surface area contributed by atoms with E-state index in [2.05, 4.69) is 15.4 Å². The van der Waals surface area contributed by atoms with E-state index in [1.54, 1.807) is 30.3 Å². The number of amides is 4. The lowest BCUT2D eigenvalue weighted by molar-refractivity contribution is -0.464. The minimum atomic E-state index is -3.94. The summed E-state index contributed by atoms with van der Waals surface area (Å²) in [5.41, 5.74) is 0.0870. The summed E-state index contributed by atoms with van der Waals surface area (Å²) in [5, 5.41) is 72.2. The van der Waals surface area contributed by atoms with E-state index in [-0.39, 0.29) is 5.56 Å². The number of nitrogens with zero attached hydrogens (tertiary/aromatic N) is 1. The maximum absolute atomic E-state index is 14.1. The second kappa shape index (κ2) is 15.1. The number of ether oxygens (including phenoxy) is 2. The fourth-order valence-corrected chi connectivity index (χ4v) is 4.86. The van der Waals surface area contributed by atoms with Crippen molar-refractivity contribution < 1.29 is 74.0 Å². The third-order valence-corrected chi connectivity index (χ3v) is 6.67. The molecule has 0 aromatic heterocycles. The van der Waals surface area contributed by atoms with Gasteiger partial charge in [-0.25, -0.2) is 4.79 Å². The van der Waals surface area contributed by atoms with E-state index < -0.39 is 98.7 Å². The van der Waals surface area contributed by atoms with Gasteiger partial charge in [-0.3, -0.25) is 23.9 Å². The molecular weight excluding hydrogens is 620 g/mol. The Hall–Kier alpha value is -4.60. The summed E-state index contributed by atoms with van der Waals surface area (Å²) in [6, 6.07) is 6.03. The number of aliphatic hydroxyl groups excluding tert-OH is 1. The molecule has 250 valence electrons. The summed E-state index contributed by atoms with van der Waals surface area (Å²) in [7, 11) is 0. The van der Waals surface area contributed by atoms with Gasteiger partial charge in [-0.05, 0) is 22.8 Å². The maximum Gasteiger partial charge on any atom is 0.456 e. The zero-order chi connectivity index (χ0) is 34.2. The van der Waals surface area contributed by atoms with Crippen LogP contribution in [0.25, 0.3) is 10.8 Å². The molecule has 0 spiro atoms.